The van der Waals surface area contributed by atoms with Crippen LogP contribution < -0.4 is 0 Å². The number of hydrogen-bond acceptors (Lipinski definition) is 1. The zero-order valence-corrected chi connectivity index (χ0v) is 13.4. The number of carbonyl (C=O) groups is 1. The summed E-state index contributed by atoms with van der Waals surface area (Å²) in [5.41, 5.74) is 2.26. The van der Waals surface area contributed by atoms with Crippen LogP contribution in [-0.4, -0.2) is 17.4 Å². The maximum Gasteiger partial charge on any atom is 0.230 e. The molecule has 2 aromatic rings. The van der Waals surface area contributed by atoms with Crippen molar-refractivity contribution in [1.82, 2.24) is 4.90 Å². The van der Waals surface area contributed by atoms with Crippen molar-refractivity contribution in [3.8, 4) is 0 Å². The molecule has 0 saturated heterocycles. The lowest BCUT2D eigenvalue weighted by molar-refractivity contribution is -0.134. The molecule has 0 aliphatic carbocycles. The molecule has 118 valence electrons. The van der Waals surface area contributed by atoms with Crippen LogP contribution >= 0.6 is 0 Å². The highest BCUT2D eigenvalue weighted by atomic mass is 16.2. The molecule has 1 atom stereocenters. The molecule has 23 heavy (non-hydrogen) atoms. The van der Waals surface area contributed by atoms with Crippen LogP contribution in [0.25, 0.3) is 0 Å². The molecule has 0 spiro atoms. The van der Waals surface area contributed by atoms with E-state index in [1.807, 2.05) is 65.6 Å². The summed E-state index contributed by atoms with van der Waals surface area (Å²) in [6.45, 7) is 8.75. The molecule has 2 aromatic carbocycles. The Morgan fingerprint density at radius 3 is 2.04 bits per heavy atom. The second kappa shape index (κ2) is 8.74. The Bertz CT molecular complexity index is 633. The first kappa shape index (κ1) is 16.8. The highest BCUT2D eigenvalue weighted by Crippen LogP contribution is 2.15. The highest BCUT2D eigenvalue weighted by Gasteiger charge is 2.21. The summed E-state index contributed by atoms with van der Waals surface area (Å²) >= 11 is 0. The third-order valence-electron chi connectivity index (χ3n) is 3.78. The molecular weight excluding hydrogens is 282 g/mol. The quantitative estimate of drug-likeness (QED) is 0.668. The molecule has 2 rings (SSSR count). The van der Waals surface area contributed by atoms with Crippen LogP contribution in [0.1, 0.15) is 11.1 Å². The van der Waals surface area contributed by atoms with Crippen molar-refractivity contribution in [1.29, 1.82) is 0 Å². The topological polar surface area (TPSA) is 20.3 Å². The Labute approximate surface area is 138 Å². The second-order valence-electron chi connectivity index (χ2n) is 5.52. The fraction of sp³-hybridized carbons (Fsp3) is 0.190. The number of hydrogen-bond donors (Lipinski definition) is 0. The van der Waals surface area contributed by atoms with E-state index in [9.17, 15) is 4.79 Å². The van der Waals surface area contributed by atoms with Gasteiger partial charge in [-0.05, 0) is 17.5 Å². The zero-order valence-electron chi connectivity index (χ0n) is 13.4. The third kappa shape index (κ3) is 4.96. The molecule has 0 aromatic heterocycles. The molecule has 0 bridgehead atoms. The van der Waals surface area contributed by atoms with Gasteiger partial charge in [0.25, 0.3) is 0 Å². The molecule has 1 amide bonds. The van der Waals surface area contributed by atoms with Crippen LogP contribution in [0.15, 0.2) is 86.0 Å². The minimum atomic E-state index is -0.221. The Kier molecular flexibility index (Phi) is 6.37. The van der Waals surface area contributed by atoms with Crippen LogP contribution in [0, 0.1) is 5.92 Å². The largest absolute Gasteiger partial charge is 0.334 e. The molecule has 0 aliphatic rings. The van der Waals surface area contributed by atoms with Crippen LogP contribution in [-0.2, 0) is 17.8 Å². The minimum Gasteiger partial charge on any atom is -0.334 e. The van der Waals surface area contributed by atoms with E-state index in [-0.39, 0.29) is 11.8 Å². The number of benzene rings is 2. The Balaban J connectivity index is 2.11. The van der Waals surface area contributed by atoms with Crippen molar-refractivity contribution in [2.24, 2.45) is 5.92 Å². The van der Waals surface area contributed by atoms with Gasteiger partial charge in [0.15, 0.2) is 0 Å². The Morgan fingerprint density at radius 2 is 1.52 bits per heavy atom. The van der Waals surface area contributed by atoms with Gasteiger partial charge in [-0.25, -0.2) is 0 Å². The van der Waals surface area contributed by atoms with Gasteiger partial charge in [0.1, 0.15) is 0 Å². The zero-order chi connectivity index (χ0) is 16.5. The Hall–Kier alpha value is -2.61. The molecule has 0 heterocycles. The normalized spacial score (nSPS) is 11.5. The smallest absolute Gasteiger partial charge is 0.230 e. The molecule has 2 heteroatoms. The Morgan fingerprint density at radius 1 is 0.957 bits per heavy atom. The van der Waals surface area contributed by atoms with Crippen molar-refractivity contribution >= 4 is 5.91 Å². The van der Waals surface area contributed by atoms with Crippen molar-refractivity contribution in [2.75, 3.05) is 6.54 Å². The van der Waals surface area contributed by atoms with Gasteiger partial charge < -0.3 is 4.90 Å². The monoisotopic (exact) mass is 305 g/mol. The van der Waals surface area contributed by atoms with Crippen molar-refractivity contribution in [3.05, 3.63) is 97.1 Å². The predicted molar refractivity (Wildman–Crippen MR) is 95.9 cm³/mol. The van der Waals surface area contributed by atoms with E-state index in [0.29, 0.717) is 19.5 Å². The maximum absolute atomic E-state index is 12.9. The third-order valence-corrected chi connectivity index (χ3v) is 3.78. The van der Waals surface area contributed by atoms with Gasteiger partial charge in [-0.2, -0.15) is 0 Å². The summed E-state index contributed by atoms with van der Waals surface area (Å²) in [5.74, 6) is -0.131. The fourth-order valence-corrected chi connectivity index (χ4v) is 2.57. The fourth-order valence-electron chi connectivity index (χ4n) is 2.57. The lowest BCUT2D eigenvalue weighted by Crippen LogP contribution is -2.36. The average Bonchev–Trinajstić information content (AvgIpc) is 2.60. The van der Waals surface area contributed by atoms with Gasteiger partial charge >= 0.3 is 0 Å². The first-order valence-corrected chi connectivity index (χ1v) is 7.84. The number of nitrogens with zero attached hydrogens (tertiary/aromatic N) is 1. The first-order chi connectivity index (χ1) is 11.2. The molecule has 0 saturated carbocycles. The average molecular weight is 305 g/mol. The summed E-state index contributed by atoms with van der Waals surface area (Å²) in [6, 6.07) is 20.1. The number of carbonyl (C=O) groups excluding carboxylic acids is 1. The number of amides is 1. The minimum absolute atomic E-state index is 0.0904. The van der Waals surface area contributed by atoms with Crippen LogP contribution in [0.4, 0.5) is 0 Å². The van der Waals surface area contributed by atoms with Gasteiger partial charge in [-0.1, -0.05) is 72.8 Å². The van der Waals surface area contributed by atoms with Gasteiger partial charge in [-0.15, -0.1) is 13.2 Å². The van der Waals surface area contributed by atoms with Crippen LogP contribution in [0.3, 0.4) is 0 Å². The van der Waals surface area contributed by atoms with E-state index >= 15 is 0 Å². The lowest BCUT2D eigenvalue weighted by Gasteiger charge is -2.25. The second-order valence-corrected chi connectivity index (χ2v) is 5.52. The van der Waals surface area contributed by atoms with Gasteiger partial charge in [0, 0.05) is 13.1 Å². The van der Waals surface area contributed by atoms with E-state index in [4.69, 9.17) is 0 Å². The molecular formula is C21H23NO. The van der Waals surface area contributed by atoms with E-state index in [2.05, 4.69) is 13.2 Å². The van der Waals surface area contributed by atoms with Crippen molar-refractivity contribution in [2.45, 2.75) is 13.0 Å². The maximum atomic E-state index is 12.9. The molecule has 0 N–H and O–H groups in total. The summed E-state index contributed by atoms with van der Waals surface area (Å²) in [7, 11) is 0. The molecule has 0 unspecified atom stereocenters. The van der Waals surface area contributed by atoms with E-state index in [0.717, 1.165) is 11.1 Å². The summed E-state index contributed by atoms with van der Waals surface area (Å²) < 4.78 is 0. The number of rotatable bonds is 8. The SMILES string of the molecule is C=CCN(Cc1ccccc1)C(=O)[C@@H](C=C)Cc1ccccc1. The molecule has 2 nitrogen and oxygen atoms in total. The summed E-state index contributed by atoms with van der Waals surface area (Å²) in [6.07, 6.45) is 4.19. The predicted octanol–water partition coefficient (Wildman–Crippen LogP) is 4.25. The van der Waals surface area contributed by atoms with E-state index in [1.165, 1.54) is 0 Å². The highest BCUT2D eigenvalue weighted by molar-refractivity contribution is 5.81. The van der Waals surface area contributed by atoms with Crippen LogP contribution in [0.5, 0.6) is 0 Å². The molecule has 0 aliphatic heterocycles. The van der Waals surface area contributed by atoms with Gasteiger partial charge in [0.05, 0.1) is 5.92 Å². The van der Waals surface area contributed by atoms with Crippen molar-refractivity contribution in [3.63, 3.8) is 0 Å². The summed E-state index contributed by atoms with van der Waals surface area (Å²) in [5, 5.41) is 0. The standard InChI is InChI=1S/C21H23NO/c1-3-15-22(17-19-13-9-6-10-14-19)21(23)20(4-2)16-18-11-7-5-8-12-18/h3-14,20H,1-2,15-17H2/t20-/m0/s1. The van der Waals surface area contributed by atoms with E-state index in [1.54, 1.807) is 12.2 Å². The van der Waals surface area contributed by atoms with Crippen LogP contribution in [0.2, 0.25) is 0 Å². The van der Waals surface area contributed by atoms with Crippen molar-refractivity contribution < 1.29 is 4.79 Å². The van der Waals surface area contributed by atoms with Gasteiger partial charge in [0.2, 0.25) is 5.91 Å². The molecule has 0 fully saturated rings. The van der Waals surface area contributed by atoms with E-state index < -0.39 is 0 Å². The molecule has 0 radical (unpaired) electrons. The lowest BCUT2D eigenvalue weighted by atomic mass is 9.97. The van der Waals surface area contributed by atoms with Gasteiger partial charge in [-0.3, -0.25) is 4.79 Å². The first-order valence-electron chi connectivity index (χ1n) is 7.84. The summed E-state index contributed by atoms with van der Waals surface area (Å²) in [4.78, 5) is 14.7.